The zero-order valence-electron chi connectivity index (χ0n) is 23.3. The average molecular weight is 655 g/mol. The van der Waals surface area contributed by atoms with Crippen molar-refractivity contribution in [2.24, 2.45) is 7.05 Å². The second-order valence-electron chi connectivity index (χ2n) is 9.46. The van der Waals surface area contributed by atoms with Crippen LogP contribution >= 0.6 is 24.0 Å². The van der Waals surface area contributed by atoms with Crippen LogP contribution in [-0.4, -0.2) is 44.4 Å². The molecule has 0 aliphatic rings. The number of carbonyl (C=O) groups is 1. The van der Waals surface area contributed by atoms with Crippen LogP contribution in [0.25, 0.3) is 22.2 Å². The lowest BCUT2D eigenvalue weighted by atomic mass is 9.99. The Morgan fingerprint density at radius 1 is 1.14 bits per heavy atom. The highest BCUT2D eigenvalue weighted by Gasteiger charge is 2.33. The molecule has 0 fully saturated rings. The van der Waals surface area contributed by atoms with Crippen molar-refractivity contribution in [2.75, 3.05) is 19.1 Å². The molecule has 44 heavy (non-hydrogen) atoms. The van der Waals surface area contributed by atoms with Gasteiger partial charge >= 0.3 is 11.9 Å². The van der Waals surface area contributed by atoms with Crippen LogP contribution in [0.5, 0.6) is 11.5 Å². The van der Waals surface area contributed by atoms with Crippen molar-refractivity contribution in [3.05, 3.63) is 87.6 Å². The van der Waals surface area contributed by atoms with E-state index in [1.54, 1.807) is 24.3 Å². The van der Waals surface area contributed by atoms with E-state index in [0.29, 0.717) is 16.5 Å². The quantitative estimate of drug-likeness (QED) is 0.218. The van der Waals surface area contributed by atoms with Crippen LogP contribution in [0.15, 0.2) is 59.7 Å². The van der Waals surface area contributed by atoms with Gasteiger partial charge in [0.25, 0.3) is 0 Å². The number of halogens is 6. The standard InChI is InChI=1S/C28H23ClF4N6O4.ClH/c1-37(18-6-4-17(29)5-7-18)24(40)12-39-21-11-16(28(31,32)33)10-19(25(21)38(2)27(39)41)15-8-20(30)26(22(9-15)42-3)43-13-23-34-14-35-36-23;/h4-11,14H,12-13H2,1-3H3,(H,34,35,36);1H. The average Bonchev–Trinajstić information content (AvgIpc) is 3.58. The number of anilines is 1. The number of benzene rings is 3. The van der Waals surface area contributed by atoms with Crippen molar-refractivity contribution in [3.8, 4) is 22.6 Å². The summed E-state index contributed by atoms with van der Waals surface area (Å²) in [4.78, 5) is 30.5. The lowest BCUT2D eigenvalue weighted by molar-refractivity contribution is -0.137. The third-order valence-corrected chi connectivity index (χ3v) is 7.06. The van der Waals surface area contributed by atoms with Crippen molar-refractivity contribution in [1.29, 1.82) is 0 Å². The lowest BCUT2D eigenvalue weighted by Crippen LogP contribution is -2.34. The highest BCUT2D eigenvalue weighted by molar-refractivity contribution is 6.30. The summed E-state index contributed by atoms with van der Waals surface area (Å²) in [5.74, 6) is -1.60. The molecule has 232 valence electrons. The maximum absolute atomic E-state index is 15.4. The number of imidazole rings is 1. The third-order valence-electron chi connectivity index (χ3n) is 6.80. The van der Waals surface area contributed by atoms with Crippen LogP contribution < -0.4 is 20.1 Å². The predicted molar refractivity (Wildman–Crippen MR) is 157 cm³/mol. The first-order valence-electron chi connectivity index (χ1n) is 12.6. The van der Waals surface area contributed by atoms with Gasteiger partial charge < -0.3 is 19.4 Å². The van der Waals surface area contributed by atoms with Crippen LogP contribution in [0.4, 0.5) is 23.2 Å². The zero-order valence-corrected chi connectivity index (χ0v) is 24.8. The van der Waals surface area contributed by atoms with Crippen LogP contribution in [0.1, 0.15) is 11.4 Å². The first-order chi connectivity index (χ1) is 20.4. The smallest absolute Gasteiger partial charge is 0.416 e. The summed E-state index contributed by atoms with van der Waals surface area (Å²) in [6, 6.07) is 10.2. The molecule has 0 spiro atoms. The minimum Gasteiger partial charge on any atom is -0.493 e. The van der Waals surface area contributed by atoms with Gasteiger partial charge in [-0.15, -0.1) is 22.6 Å². The summed E-state index contributed by atoms with van der Waals surface area (Å²) in [6.45, 7) is -0.752. The number of aryl methyl sites for hydroxylation is 1. The molecule has 1 N–H and O–H groups in total. The van der Waals surface area contributed by atoms with Crippen molar-refractivity contribution in [2.45, 2.75) is 19.3 Å². The van der Waals surface area contributed by atoms with Crippen LogP contribution in [-0.2, 0) is 31.2 Å². The van der Waals surface area contributed by atoms with E-state index in [1.807, 2.05) is 0 Å². The number of H-pyrrole nitrogens is 1. The largest absolute Gasteiger partial charge is 0.493 e. The first-order valence-corrected chi connectivity index (χ1v) is 12.9. The van der Waals surface area contributed by atoms with Crippen molar-refractivity contribution in [3.63, 3.8) is 0 Å². The Bertz CT molecular complexity index is 1870. The number of methoxy groups -OCH3 is 1. The Morgan fingerprint density at radius 3 is 2.45 bits per heavy atom. The first kappa shape index (κ1) is 32.4. The van der Waals surface area contributed by atoms with Crippen molar-refractivity contribution < 1.29 is 31.8 Å². The number of hydrogen-bond acceptors (Lipinski definition) is 6. The van der Waals surface area contributed by atoms with E-state index in [0.717, 1.165) is 27.3 Å². The molecular formula is C28H24Cl2F4N6O4. The number of likely N-dealkylation sites (N-methyl/N-ethyl adjacent to an activating group) is 1. The summed E-state index contributed by atoms with van der Waals surface area (Å²) in [7, 11) is 4.07. The summed E-state index contributed by atoms with van der Waals surface area (Å²) in [5.41, 5.74) is -1.62. The monoisotopic (exact) mass is 654 g/mol. The molecule has 1 amide bonds. The van der Waals surface area contributed by atoms with E-state index in [4.69, 9.17) is 21.1 Å². The van der Waals surface area contributed by atoms with Gasteiger partial charge in [-0.3, -0.25) is 13.9 Å². The fraction of sp³-hybridized carbons (Fsp3) is 0.214. The molecule has 2 aromatic heterocycles. The molecule has 5 aromatic rings. The summed E-state index contributed by atoms with van der Waals surface area (Å²) in [5, 5.41) is 7.81. The molecule has 0 saturated heterocycles. The highest BCUT2D eigenvalue weighted by atomic mass is 35.5. The molecule has 2 heterocycles. The summed E-state index contributed by atoms with van der Waals surface area (Å²) >= 11 is 5.92. The fourth-order valence-corrected chi connectivity index (χ4v) is 4.73. The van der Waals surface area contributed by atoms with Crippen molar-refractivity contribution >= 4 is 46.6 Å². The number of hydrogen-bond donors (Lipinski definition) is 1. The van der Waals surface area contributed by atoms with Gasteiger partial charge in [-0.2, -0.15) is 13.2 Å². The van der Waals surface area contributed by atoms with Gasteiger partial charge in [0.2, 0.25) is 5.91 Å². The second-order valence-corrected chi connectivity index (χ2v) is 9.90. The van der Waals surface area contributed by atoms with Gasteiger partial charge in [-0.1, -0.05) is 11.6 Å². The molecule has 5 rings (SSSR count). The Kier molecular flexibility index (Phi) is 9.25. The van der Waals surface area contributed by atoms with E-state index >= 15 is 4.39 Å². The van der Waals surface area contributed by atoms with Crippen LogP contribution in [0.3, 0.4) is 0 Å². The maximum Gasteiger partial charge on any atom is 0.416 e. The number of alkyl halides is 3. The van der Waals surface area contributed by atoms with Gasteiger partial charge in [-0.25, -0.2) is 9.18 Å². The molecule has 0 aliphatic heterocycles. The molecule has 0 bridgehead atoms. The van der Waals surface area contributed by atoms with E-state index in [2.05, 4.69) is 15.2 Å². The molecule has 0 saturated carbocycles. The number of aromatic amines is 1. The molecule has 10 nitrogen and oxygen atoms in total. The molecule has 0 radical (unpaired) electrons. The summed E-state index contributed by atoms with van der Waals surface area (Å²) in [6.07, 6.45) is -3.51. The Morgan fingerprint density at radius 2 is 1.84 bits per heavy atom. The third kappa shape index (κ3) is 6.21. The highest BCUT2D eigenvalue weighted by Crippen LogP contribution is 2.41. The van der Waals surface area contributed by atoms with Gasteiger partial charge in [0.15, 0.2) is 23.1 Å². The Labute approximate surface area is 258 Å². The second kappa shape index (κ2) is 12.6. The normalized spacial score (nSPS) is 11.4. The maximum atomic E-state index is 15.4. The number of nitrogens with one attached hydrogen (secondary N) is 1. The van der Waals surface area contributed by atoms with Gasteiger partial charge in [0.05, 0.1) is 23.7 Å². The number of amides is 1. The predicted octanol–water partition coefficient (Wildman–Crippen LogP) is 5.61. The van der Waals surface area contributed by atoms with Gasteiger partial charge in [0.1, 0.15) is 19.5 Å². The topological polar surface area (TPSA) is 107 Å². The number of carbonyl (C=O) groups excluding carboxylic acids is 1. The molecule has 0 atom stereocenters. The van der Waals surface area contributed by atoms with Crippen molar-refractivity contribution in [1.82, 2.24) is 24.3 Å². The minimum atomic E-state index is -4.83. The fourth-order valence-electron chi connectivity index (χ4n) is 4.60. The van der Waals surface area contributed by atoms with Gasteiger partial charge in [0, 0.05) is 30.4 Å². The zero-order chi connectivity index (χ0) is 31.1. The molecule has 0 unspecified atom stereocenters. The Balaban J connectivity index is 0.00000442. The van der Waals surface area contributed by atoms with E-state index in [1.165, 1.54) is 38.5 Å². The molecule has 16 heteroatoms. The Hall–Kier alpha value is -4.56. The van der Waals surface area contributed by atoms with E-state index in [9.17, 15) is 22.8 Å². The molecule has 0 aliphatic carbocycles. The number of rotatable bonds is 8. The van der Waals surface area contributed by atoms with Crippen LogP contribution in [0.2, 0.25) is 5.02 Å². The number of ether oxygens (including phenoxy) is 2. The van der Waals surface area contributed by atoms with Crippen LogP contribution in [0, 0.1) is 5.82 Å². The molecule has 3 aromatic carbocycles. The SMILES string of the molecule is COc1cc(-c2cc(C(F)(F)F)cc3c2n(C)c(=O)n3CC(=O)N(C)c2ccc(Cl)cc2)cc(F)c1OCc1nnc[nH]1.Cl. The molecular weight excluding hydrogens is 631 g/mol. The number of fused-ring (bicyclic) bond motifs is 1. The van der Waals surface area contributed by atoms with E-state index in [-0.39, 0.29) is 52.7 Å². The number of aromatic nitrogens is 5. The minimum absolute atomic E-state index is 0. The van der Waals surface area contributed by atoms with Gasteiger partial charge in [-0.05, 0) is 54.1 Å². The van der Waals surface area contributed by atoms with E-state index < -0.39 is 35.7 Å². The number of nitrogens with zero attached hydrogens (tertiary/aromatic N) is 5. The summed E-state index contributed by atoms with van der Waals surface area (Å²) < 4.78 is 70.5. The lowest BCUT2D eigenvalue weighted by Gasteiger charge is -2.18.